The molecule has 112 valence electrons. The topological polar surface area (TPSA) is 37.8 Å². The monoisotopic (exact) mass is 387 g/mol. The average Bonchev–Trinajstić information content (AvgIpc) is 2.41. The van der Waals surface area contributed by atoms with Crippen molar-refractivity contribution in [1.29, 1.82) is 0 Å². The molecule has 1 saturated carbocycles. The minimum absolute atomic E-state index is 0.0626. The highest BCUT2D eigenvalue weighted by Gasteiger charge is 2.26. The number of hydrogen-bond acceptors (Lipinski definition) is 3. The fraction of sp³-hybridized carbons (Fsp3) is 0.750. The van der Waals surface area contributed by atoms with Gasteiger partial charge in [-0.25, -0.2) is 9.97 Å². The van der Waals surface area contributed by atoms with Gasteiger partial charge in [-0.3, -0.25) is 0 Å². The molecule has 20 heavy (non-hydrogen) atoms. The molecule has 0 bridgehead atoms. The molecule has 1 aromatic heterocycles. The molecule has 0 unspecified atom stereocenters. The molecule has 0 aliphatic heterocycles. The van der Waals surface area contributed by atoms with Gasteiger partial charge in [-0.15, -0.1) is 0 Å². The molecular formula is C16H26IN3. The molecule has 1 N–H and O–H groups in total. The smallest absolute Gasteiger partial charge is 0.143 e. The summed E-state index contributed by atoms with van der Waals surface area (Å²) < 4.78 is 1.18. The van der Waals surface area contributed by atoms with Crippen LogP contribution in [0.2, 0.25) is 0 Å². The molecule has 3 nitrogen and oxygen atoms in total. The third kappa shape index (κ3) is 3.62. The number of rotatable bonds is 3. The molecule has 0 amide bonds. The van der Waals surface area contributed by atoms with Crippen LogP contribution in [0.25, 0.3) is 0 Å². The first-order valence-electron chi connectivity index (χ1n) is 7.75. The number of anilines is 1. The molecule has 0 radical (unpaired) electrons. The Bertz CT molecular complexity index is 460. The van der Waals surface area contributed by atoms with Gasteiger partial charge in [0.25, 0.3) is 0 Å². The second kappa shape index (κ2) is 6.58. The van der Waals surface area contributed by atoms with E-state index in [4.69, 9.17) is 9.97 Å². The largest absolute Gasteiger partial charge is 0.369 e. The summed E-state index contributed by atoms with van der Waals surface area (Å²) >= 11 is 2.39. The molecule has 1 aliphatic carbocycles. The van der Waals surface area contributed by atoms with E-state index in [2.05, 4.69) is 55.6 Å². The van der Waals surface area contributed by atoms with E-state index in [0.717, 1.165) is 18.2 Å². The highest BCUT2D eigenvalue weighted by atomic mass is 127. The molecular weight excluding hydrogens is 361 g/mol. The maximum absolute atomic E-state index is 4.95. The van der Waals surface area contributed by atoms with E-state index < -0.39 is 0 Å². The van der Waals surface area contributed by atoms with Crippen molar-refractivity contribution in [3.05, 3.63) is 15.1 Å². The average molecular weight is 387 g/mol. The lowest BCUT2D eigenvalue weighted by atomic mass is 9.87. The molecule has 1 aliphatic rings. The fourth-order valence-electron chi connectivity index (χ4n) is 2.79. The van der Waals surface area contributed by atoms with Crippen molar-refractivity contribution in [3.63, 3.8) is 0 Å². The van der Waals surface area contributed by atoms with Crippen LogP contribution in [0.4, 0.5) is 5.82 Å². The summed E-state index contributed by atoms with van der Waals surface area (Å²) in [6, 6.07) is 0. The maximum atomic E-state index is 4.95. The highest BCUT2D eigenvalue weighted by molar-refractivity contribution is 14.1. The van der Waals surface area contributed by atoms with Gasteiger partial charge in [0.2, 0.25) is 0 Å². The number of aromatic nitrogens is 2. The van der Waals surface area contributed by atoms with E-state index in [9.17, 15) is 0 Å². The van der Waals surface area contributed by atoms with Crippen molar-refractivity contribution in [2.75, 3.05) is 11.9 Å². The first kappa shape index (κ1) is 16.0. The summed E-state index contributed by atoms with van der Waals surface area (Å²) in [7, 11) is 0. The summed E-state index contributed by atoms with van der Waals surface area (Å²) in [6.07, 6.45) is 6.50. The summed E-state index contributed by atoms with van der Waals surface area (Å²) in [5, 5.41) is 3.41. The molecule has 1 fully saturated rings. The van der Waals surface area contributed by atoms with Crippen molar-refractivity contribution in [2.45, 2.75) is 71.1 Å². The lowest BCUT2D eigenvalue weighted by molar-refractivity contribution is 0.424. The van der Waals surface area contributed by atoms with Crippen LogP contribution >= 0.6 is 22.6 Å². The summed E-state index contributed by atoms with van der Waals surface area (Å²) in [5.41, 5.74) is 1.25. The van der Waals surface area contributed by atoms with Crippen molar-refractivity contribution >= 4 is 28.4 Å². The van der Waals surface area contributed by atoms with E-state index in [-0.39, 0.29) is 5.41 Å². The first-order valence-corrected chi connectivity index (χ1v) is 8.83. The zero-order valence-corrected chi connectivity index (χ0v) is 15.2. The van der Waals surface area contributed by atoms with Gasteiger partial charge in [0, 0.05) is 17.9 Å². The van der Waals surface area contributed by atoms with Gasteiger partial charge in [0.05, 0.1) is 9.26 Å². The van der Waals surface area contributed by atoms with Crippen molar-refractivity contribution in [1.82, 2.24) is 9.97 Å². The first-order chi connectivity index (χ1) is 9.43. The van der Waals surface area contributed by atoms with Crippen LogP contribution < -0.4 is 5.32 Å². The second-order valence-electron chi connectivity index (χ2n) is 6.71. The highest BCUT2D eigenvalue weighted by Crippen LogP contribution is 2.35. The summed E-state index contributed by atoms with van der Waals surface area (Å²) in [6.45, 7) is 9.73. The Morgan fingerprint density at radius 1 is 1.15 bits per heavy atom. The predicted octanol–water partition coefficient (Wildman–Crippen LogP) is 4.86. The number of nitrogens with one attached hydrogen (secondary N) is 1. The SMILES string of the molecule is CCNc1nc(C2CCCCC2)nc(C(C)(C)C)c1I. The van der Waals surface area contributed by atoms with Crippen LogP contribution in [0, 0.1) is 3.57 Å². The third-order valence-corrected chi connectivity index (χ3v) is 4.92. The van der Waals surface area contributed by atoms with Crippen LogP contribution in [0.15, 0.2) is 0 Å². The van der Waals surface area contributed by atoms with E-state index in [1.165, 1.54) is 41.4 Å². The van der Waals surface area contributed by atoms with E-state index >= 15 is 0 Å². The van der Waals surface area contributed by atoms with Crippen molar-refractivity contribution < 1.29 is 0 Å². The van der Waals surface area contributed by atoms with Gasteiger partial charge in [-0.1, -0.05) is 40.0 Å². The molecule has 0 aromatic carbocycles. The Morgan fingerprint density at radius 3 is 2.35 bits per heavy atom. The molecule has 0 atom stereocenters. The van der Waals surface area contributed by atoms with Gasteiger partial charge >= 0.3 is 0 Å². The van der Waals surface area contributed by atoms with Gasteiger partial charge in [0.1, 0.15) is 11.6 Å². The van der Waals surface area contributed by atoms with Crippen LogP contribution in [0.1, 0.15) is 77.2 Å². The zero-order chi connectivity index (χ0) is 14.8. The Labute approximate surface area is 136 Å². The Morgan fingerprint density at radius 2 is 1.80 bits per heavy atom. The van der Waals surface area contributed by atoms with Gasteiger partial charge < -0.3 is 5.32 Å². The summed E-state index contributed by atoms with van der Waals surface area (Å²) in [5.74, 6) is 2.64. The molecule has 0 saturated heterocycles. The second-order valence-corrected chi connectivity index (χ2v) is 7.79. The Hall–Kier alpha value is -0.390. The summed E-state index contributed by atoms with van der Waals surface area (Å²) in [4.78, 5) is 9.78. The molecule has 0 spiro atoms. The minimum atomic E-state index is 0.0626. The number of halogens is 1. The Balaban J connectivity index is 2.43. The number of hydrogen-bond donors (Lipinski definition) is 1. The van der Waals surface area contributed by atoms with Crippen LogP contribution in [-0.4, -0.2) is 16.5 Å². The molecule has 4 heteroatoms. The standard InChI is InChI=1S/C16H26IN3/c1-5-18-15-12(17)13(16(2,3)4)19-14(20-15)11-9-7-6-8-10-11/h11H,5-10H2,1-4H3,(H,18,19,20). The predicted molar refractivity (Wildman–Crippen MR) is 93.4 cm³/mol. The van der Waals surface area contributed by atoms with E-state index in [0.29, 0.717) is 5.92 Å². The van der Waals surface area contributed by atoms with Crippen LogP contribution in [-0.2, 0) is 5.41 Å². The number of nitrogens with zero attached hydrogens (tertiary/aromatic N) is 2. The molecule has 1 aromatic rings. The maximum Gasteiger partial charge on any atom is 0.143 e. The quantitative estimate of drug-likeness (QED) is 0.753. The van der Waals surface area contributed by atoms with Gasteiger partial charge in [-0.2, -0.15) is 0 Å². The van der Waals surface area contributed by atoms with Crippen molar-refractivity contribution in [2.24, 2.45) is 0 Å². The van der Waals surface area contributed by atoms with Crippen LogP contribution in [0.3, 0.4) is 0 Å². The van der Waals surface area contributed by atoms with E-state index in [1.54, 1.807) is 0 Å². The lowest BCUT2D eigenvalue weighted by Crippen LogP contribution is -2.21. The molecule has 1 heterocycles. The molecule has 2 rings (SSSR count). The zero-order valence-electron chi connectivity index (χ0n) is 13.1. The van der Waals surface area contributed by atoms with Crippen LogP contribution in [0.5, 0.6) is 0 Å². The van der Waals surface area contributed by atoms with Gasteiger partial charge in [-0.05, 0) is 42.4 Å². The van der Waals surface area contributed by atoms with Crippen molar-refractivity contribution in [3.8, 4) is 0 Å². The Kier molecular flexibility index (Phi) is 5.26. The minimum Gasteiger partial charge on any atom is -0.369 e. The fourth-order valence-corrected chi connectivity index (χ4v) is 4.03. The third-order valence-electron chi connectivity index (χ3n) is 3.89. The normalized spacial score (nSPS) is 17.2. The lowest BCUT2D eigenvalue weighted by Gasteiger charge is -2.26. The van der Waals surface area contributed by atoms with E-state index in [1.807, 2.05) is 0 Å². The van der Waals surface area contributed by atoms with Gasteiger partial charge in [0.15, 0.2) is 0 Å².